The Balaban J connectivity index is 1.80. The number of rotatable bonds is 3. The monoisotopic (exact) mass is 334 g/mol. The number of nitrogens with zero attached hydrogens (tertiary/aromatic N) is 1. The maximum absolute atomic E-state index is 5.67. The number of nitrogens with two attached hydrogens (primary N) is 1. The molecule has 5 heteroatoms. The maximum atomic E-state index is 5.67. The Hall–Kier alpha value is -1.59. The molecule has 1 aromatic carbocycles. The molecule has 0 bridgehead atoms. The minimum Gasteiger partial charge on any atom is -0.448 e. The number of furan rings is 1. The number of thiazole rings is 1. The van der Waals surface area contributed by atoms with Gasteiger partial charge in [-0.3, -0.25) is 0 Å². The van der Waals surface area contributed by atoms with Crippen molar-refractivity contribution in [2.45, 2.75) is 6.42 Å². The van der Waals surface area contributed by atoms with Gasteiger partial charge in [-0.2, -0.15) is 0 Å². The summed E-state index contributed by atoms with van der Waals surface area (Å²) < 4.78 is 6.21. The van der Waals surface area contributed by atoms with Crippen LogP contribution < -0.4 is 5.73 Å². The van der Waals surface area contributed by atoms with Crippen molar-refractivity contribution in [3.05, 3.63) is 57.0 Å². The molecule has 0 aliphatic rings. The number of aromatic nitrogens is 1. The summed E-state index contributed by atoms with van der Waals surface area (Å²) in [6, 6.07) is 11.7. The molecule has 0 aliphatic heterocycles. The van der Waals surface area contributed by atoms with Gasteiger partial charge in [-0.25, -0.2) is 4.98 Å². The summed E-state index contributed by atoms with van der Waals surface area (Å²) in [4.78, 5) is 4.58. The number of benzene rings is 1. The lowest BCUT2D eigenvalue weighted by molar-refractivity contribution is 0.554. The molecule has 0 amide bonds. The molecule has 0 saturated heterocycles. The van der Waals surface area contributed by atoms with Crippen LogP contribution in [0.3, 0.4) is 0 Å². The Labute approximate surface area is 123 Å². The second-order valence-electron chi connectivity index (χ2n) is 4.15. The van der Waals surface area contributed by atoms with Crippen LogP contribution in [0.15, 0.2) is 50.9 Å². The van der Waals surface area contributed by atoms with E-state index in [1.54, 1.807) is 11.3 Å². The fourth-order valence-electron chi connectivity index (χ4n) is 1.77. The molecule has 3 aromatic rings. The van der Waals surface area contributed by atoms with Crippen molar-refractivity contribution in [1.82, 2.24) is 4.98 Å². The molecule has 0 fully saturated rings. The Bertz CT molecular complexity index is 688. The van der Waals surface area contributed by atoms with E-state index in [0.29, 0.717) is 0 Å². The average molecular weight is 335 g/mol. The van der Waals surface area contributed by atoms with E-state index in [-0.39, 0.29) is 0 Å². The smallest absolute Gasteiger partial charge is 0.169 e. The van der Waals surface area contributed by atoms with Gasteiger partial charge < -0.3 is 10.2 Å². The zero-order valence-corrected chi connectivity index (χ0v) is 12.4. The molecule has 3 nitrogen and oxygen atoms in total. The molecular weight excluding hydrogens is 324 g/mol. The van der Waals surface area contributed by atoms with Crippen molar-refractivity contribution in [1.29, 1.82) is 0 Å². The van der Waals surface area contributed by atoms with Crippen molar-refractivity contribution >= 4 is 33.0 Å². The quantitative estimate of drug-likeness (QED) is 0.725. The molecule has 2 heterocycles. The summed E-state index contributed by atoms with van der Waals surface area (Å²) in [5.41, 5.74) is 8.53. The van der Waals surface area contributed by atoms with Gasteiger partial charge in [0.1, 0.15) is 5.69 Å². The van der Waals surface area contributed by atoms with Crippen LogP contribution >= 0.6 is 27.3 Å². The van der Waals surface area contributed by atoms with E-state index < -0.39 is 0 Å². The summed E-state index contributed by atoms with van der Waals surface area (Å²) in [6.45, 7) is 0. The number of nitrogen functional groups attached to an aromatic ring is 1. The normalized spacial score (nSPS) is 10.8. The number of hydrogen-bond acceptors (Lipinski definition) is 4. The van der Waals surface area contributed by atoms with Gasteiger partial charge in [-0.1, -0.05) is 12.1 Å². The van der Waals surface area contributed by atoms with Crippen LogP contribution in [0, 0.1) is 0 Å². The average Bonchev–Trinajstić information content (AvgIpc) is 3.01. The zero-order valence-electron chi connectivity index (χ0n) is 9.97. The second-order valence-corrected chi connectivity index (χ2v) is 5.87. The first-order valence-corrected chi connectivity index (χ1v) is 7.42. The molecule has 2 aromatic heterocycles. The molecule has 0 aliphatic carbocycles. The van der Waals surface area contributed by atoms with Crippen LogP contribution in [-0.2, 0) is 6.42 Å². The lowest BCUT2D eigenvalue weighted by atomic mass is 10.1. The third kappa shape index (κ3) is 2.88. The Morgan fingerprint density at radius 3 is 2.63 bits per heavy atom. The molecule has 2 N–H and O–H groups in total. The van der Waals surface area contributed by atoms with Gasteiger partial charge in [-0.05, 0) is 45.8 Å². The first-order chi connectivity index (χ1) is 9.20. The van der Waals surface area contributed by atoms with E-state index >= 15 is 0 Å². The number of hydrogen-bond donors (Lipinski definition) is 1. The van der Waals surface area contributed by atoms with Crippen LogP contribution in [0.4, 0.5) is 5.69 Å². The first kappa shape index (κ1) is 12.4. The van der Waals surface area contributed by atoms with Gasteiger partial charge >= 0.3 is 0 Å². The molecule has 0 radical (unpaired) electrons. The standard InChI is InChI=1S/C14H11BrN2OS/c15-13-6-5-12(18-13)11-8-19-14(17-11)7-9-1-3-10(16)4-2-9/h1-6,8H,7,16H2. The van der Waals surface area contributed by atoms with Gasteiger partial charge in [0.05, 0.1) is 5.01 Å². The van der Waals surface area contributed by atoms with Gasteiger partial charge in [0.2, 0.25) is 0 Å². The lowest BCUT2D eigenvalue weighted by Gasteiger charge is -1.98. The minimum atomic E-state index is 0.718. The molecular formula is C14H11BrN2OS. The number of anilines is 1. The van der Waals surface area contributed by atoms with E-state index in [1.165, 1.54) is 5.56 Å². The van der Waals surface area contributed by atoms with Gasteiger partial charge in [0, 0.05) is 17.5 Å². The van der Waals surface area contributed by atoms with Gasteiger partial charge in [-0.15, -0.1) is 11.3 Å². The highest BCUT2D eigenvalue weighted by atomic mass is 79.9. The van der Waals surface area contributed by atoms with Crippen LogP contribution in [0.5, 0.6) is 0 Å². The second kappa shape index (κ2) is 5.19. The fourth-order valence-corrected chi connectivity index (χ4v) is 2.89. The van der Waals surface area contributed by atoms with Gasteiger partial charge in [0.25, 0.3) is 0 Å². The third-order valence-corrected chi connectivity index (χ3v) is 3.99. The first-order valence-electron chi connectivity index (χ1n) is 5.75. The van der Waals surface area contributed by atoms with Crippen molar-refractivity contribution in [2.24, 2.45) is 0 Å². The highest BCUT2D eigenvalue weighted by Crippen LogP contribution is 2.27. The van der Waals surface area contributed by atoms with Gasteiger partial charge in [0.15, 0.2) is 10.4 Å². The van der Waals surface area contributed by atoms with Crippen molar-refractivity contribution in [3.8, 4) is 11.5 Å². The summed E-state index contributed by atoms with van der Waals surface area (Å²) in [6.07, 6.45) is 0.812. The van der Waals surface area contributed by atoms with Crippen molar-refractivity contribution < 1.29 is 4.42 Å². The van der Waals surface area contributed by atoms with E-state index in [0.717, 1.165) is 33.2 Å². The van der Waals surface area contributed by atoms with E-state index in [2.05, 4.69) is 20.9 Å². The van der Waals surface area contributed by atoms with Crippen LogP contribution in [-0.4, -0.2) is 4.98 Å². The van der Waals surface area contributed by atoms with Crippen LogP contribution in [0.1, 0.15) is 10.6 Å². The minimum absolute atomic E-state index is 0.718. The fraction of sp³-hybridized carbons (Fsp3) is 0.0714. The largest absolute Gasteiger partial charge is 0.448 e. The third-order valence-electron chi connectivity index (χ3n) is 2.71. The number of halogens is 1. The molecule has 3 rings (SSSR count). The van der Waals surface area contributed by atoms with E-state index in [9.17, 15) is 0 Å². The SMILES string of the molecule is Nc1ccc(Cc2nc(-c3ccc(Br)o3)cs2)cc1. The van der Waals surface area contributed by atoms with Crippen molar-refractivity contribution in [3.63, 3.8) is 0 Å². The zero-order chi connectivity index (χ0) is 13.2. The Kier molecular flexibility index (Phi) is 3.40. The predicted molar refractivity (Wildman–Crippen MR) is 81.2 cm³/mol. The topological polar surface area (TPSA) is 52.0 Å². The molecule has 0 saturated carbocycles. The van der Waals surface area contributed by atoms with Crippen LogP contribution in [0.2, 0.25) is 0 Å². The summed E-state index contributed by atoms with van der Waals surface area (Å²) in [5.74, 6) is 0.784. The van der Waals surface area contributed by atoms with Crippen LogP contribution in [0.25, 0.3) is 11.5 Å². The molecule has 0 spiro atoms. The highest BCUT2D eigenvalue weighted by Gasteiger charge is 2.08. The summed E-state index contributed by atoms with van der Waals surface area (Å²) in [5, 5.41) is 3.07. The molecule has 0 unspecified atom stereocenters. The Morgan fingerprint density at radius 2 is 1.95 bits per heavy atom. The molecule has 96 valence electrons. The molecule has 19 heavy (non-hydrogen) atoms. The van der Waals surface area contributed by atoms with E-state index in [4.69, 9.17) is 10.2 Å². The van der Waals surface area contributed by atoms with E-state index in [1.807, 2.05) is 41.8 Å². The Morgan fingerprint density at radius 1 is 1.16 bits per heavy atom. The molecule has 0 atom stereocenters. The maximum Gasteiger partial charge on any atom is 0.169 e. The summed E-state index contributed by atoms with van der Waals surface area (Å²) >= 11 is 4.93. The van der Waals surface area contributed by atoms with Crippen molar-refractivity contribution in [2.75, 3.05) is 5.73 Å². The highest BCUT2D eigenvalue weighted by molar-refractivity contribution is 9.10. The lowest BCUT2D eigenvalue weighted by Crippen LogP contribution is -1.89. The summed E-state index contributed by atoms with van der Waals surface area (Å²) in [7, 11) is 0. The predicted octanol–water partition coefficient (Wildman–Crippen LogP) is 4.34.